The summed E-state index contributed by atoms with van der Waals surface area (Å²) >= 11 is 6.65. The first-order valence-electron chi connectivity index (χ1n) is 16.3. The van der Waals surface area contributed by atoms with Crippen molar-refractivity contribution in [3.05, 3.63) is 141 Å². The second-order valence-electron chi connectivity index (χ2n) is 13.0. The van der Waals surface area contributed by atoms with Gasteiger partial charge >= 0.3 is 6.18 Å². The van der Waals surface area contributed by atoms with Gasteiger partial charge in [0.1, 0.15) is 23.3 Å². The minimum absolute atomic E-state index is 0.0235. The highest BCUT2D eigenvalue weighted by Crippen LogP contribution is 2.45. The van der Waals surface area contributed by atoms with Gasteiger partial charge in [0.2, 0.25) is 0 Å². The van der Waals surface area contributed by atoms with Crippen LogP contribution in [-0.4, -0.2) is 40.9 Å². The van der Waals surface area contributed by atoms with Gasteiger partial charge in [-0.1, -0.05) is 35.4 Å². The van der Waals surface area contributed by atoms with Gasteiger partial charge in [-0.3, -0.25) is 13.8 Å². The number of carbonyl (C=O) groups is 1. The van der Waals surface area contributed by atoms with Crippen molar-refractivity contribution in [2.75, 3.05) is 11.9 Å². The number of hydrogen-bond donors (Lipinski definition) is 1. The van der Waals surface area contributed by atoms with Crippen molar-refractivity contribution in [1.82, 2.24) is 14.1 Å². The number of anilines is 1. The van der Waals surface area contributed by atoms with Gasteiger partial charge in [0.15, 0.2) is 0 Å². The lowest BCUT2D eigenvalue weighted by Gasteiger charge is -2.28. The number of benzene rings is 4. The Bertz CT molecular complexity index is 2440. The van der Waals surface area contributed by atoms with Gasteiger partial charge in [0.05, 0.1) is 22.7 Å². The molecule has 1 aromatic heterocycles. The van der Waals surface area contributed by atoms with E-state index in [0.717, 1.165) is 34.8 Å². The Kier molecular flexibility index (Phi) is 9.25. The highest BCUT2D eigenvalue weighted by atomic mass is 35.5. The van der Waals surface area contributed by atoms with Crippen molar-refractivity contribution in [3.8, 4) is 11.1 Å². The zero-order valence-electron chi connectivity index (χ0n) is 27.7. The molecule has 0 bridgehead atoms. The molecule has 1 unspecified atom stereocenters. The molecular weight excluding hydrogens is 739 g/mol. The molecule has 1 atom stereocenters. The summed E-state index contributed by atoms with van der Waals surface area (Å²) in [5, 5.41) is 7.08. The van der Waals surface area contributed by atoms with Gasteiger partial charge in [0, 0.05) is 46.9 Å². The SMILES string of the molecule is Cc1ccc(S(=O)(=O)N2CC(c3cc(F)ccc3Cl)c3c(cc(-c4cnn(C5CC5)c4)cc3NC(=O)c3cc(F)cc(C(F)(F)F)c3)CC2=C=O)cc1. The van der Waals surface area contributed by atoms with Gasteiger partial charge in [-0.15, -0.1) is 0 Å². The maximum absolute atomic E-state index is 15.0. The van der Waals surface area contributed by atoms with E-state index >= 15 is 0 Å². The van der Waals surface area contributed by atoms with E-state index in [4.69, 9.17) is 11.6 Å². The third-order valence-corrected chi connectivity index (χ3v) is 11.4. The van der Waals surface area contributed by atoms with Crippen LogP contribution in [0.25, 0.3) is 11.1 Å². The zero-order valence-corrected chi connectivity index (χ0v) is 29.3. The van der Waals surface area contributed by atoms with E-state index in [1.165, 1.54) is 24.3 Å². The van der Waals surface area contributed by atoms with E-state index in [9.17, 15) is 40.0 Å². The van der Waals surface area contributed by atoms with E-state index in [1.54, 1.807) is 48.1 Å². The number of alkyl halides is 3. The van der Waals surface area contributed by atoms with Crippen LogP contribution in [0.3, 0.4) is 0 Å². The van der Waals surface area contributed by atoms with E-state index in [-0.39, 0.29) is 51.0 Å². The van der Waals surface area contributed by atoms with Gasteiger partial charge < -0.3 is 5.32 Å². The van der Waals surface area contributed by atoms with E-state index < -0.39 is 57.3 Å². The number of rotatable bonds is 7. The highest BCUT2D eigenvalue weighted by Gasteiger charge is 2.38. The minimum Gasteiger partial charge on any atom is -0.322 e. The first-order chi connectivity index (χ1) is 25.1. The molecule has 0 spiro atoms. The molecule has 272 valence electrons. The molecule has 0 radical (unpaired) electrons. The summed E-state index contributed by atoms with van der Waals surface area (Å²) in [5.74, 6) is -2.53. The van der Waals surface area contributed by atoms with Gasteiger partial charge in [-0.05, 0) is 96.6 Å². The lowest BCUT2D eigenvalue weighted by molar-refractivity contribution is -0.137. The largest absolute Gasteiger partial charge is 0.416 e. The molecule has 15 heteroatoms. The number of aromatic nitrogens is 2. The molecule has 1 aliphatic heterocycles. The van der Waals surface area contributed by atoms with E-state index in [1.807, 2.05) is 0 Å². The van der Waals surface area contributed by atoms with Crippen LogP contribution < -0.4 is 5.32 Å². The zero-order chi connectivity index (χ0) is 37.8. The minimum atomic E-state index is -4.96. The van der Waals surface area contributed by atoms with Crippen LogP contribution in [0, 0.1) is 18.6 Å². The van der Waals surface area contributed by atoms with Crippen molar-refractivity contribution in [2.24, 2.45) is 0 Å². The molecule has 1 fully saturated rings. The van der Waals surface area contributed by atoms with Crippen molar-refractivity contribution in [2.45, 2.75) is 49.2 Å². The average molecular weight is 767 g/mol. The monoisotopic (exact) mass is 766 g/mol. The molecule has 1 aliphatic carbocycles. The molecular formula is C38H28ClF5N4O4S. The number of amides is 1. The second kappa shape index (κ2) is 13.6. The lowest BCUT2D eigenvalue weighted by Crippen LogP contribution is -2.34. The first-order valence-corrected chi connectivity index (χ1v) is 18.1. The normalized spacial score (nSPS) is 16.2. The van der Waals surface area contributed by atoms with Crippen molar-refractivity contribution in [1.29, 1.82) is 0 Å². The van der Waals surface area contributed by atoms with Crippen LogP contribution in [0.15, 0.2) is 95.8 Å². The van der Waals surface area contributed by atoms with Gasteiger partial charge in [-0.2, -0.15) is 18.3 Å². The molecule has 0 saturated heterocycles. The molecule has 4 aromatic carbocycles. The lowest BCUT2D eigenvalue weighted by atomic mass is 9.85. The number of nitrogens with one attached hydrogen (secondary N) is 1. The maximum Gasteiger partial charge on any atom is 0.416 e. The fourth-order valence-electron chi connectivity index (χ4n) is 6.48. The van der Waals surface area contributed by atoms with Crippen LogP contribution >= 0.6 is 11.6 Å². The van der Waals surface area contributed by atoms with Crippen LogP contribution in [0.2, 0.25) is 5.02 Å². The predicted molar refractivity (Wildman–Crippen MR) is 187 cm³/mol. The summed E-state index contributed by atoms with van der Waals surface area (Å²) in [6, 6.07) is 14.2. The second-order valence-corrected chi connectivity index (χ2v) is 15.3. The third kappa shape index (κ3) is 7.22. The number of nitrogens with zero attached hydrogens (tertiary/aromatic N) is 3. The van der Waals surface area contributed by atoms with Crippen molar-refractivity contribution in [3.63, 3.8) is 0 Å². The van der Waals surface area contributed by atoms with Gasteiger partial charge in [0.25, 0.3) is 15.9 Å². The molecule has 1 amide bonds. The maximum atomic E-state index is 15.0. The quantitative estimate of drug-likeness (QED) is 0.132. The summed E-state index contributed by atoms with van der Waals surface area (Å²) in [4.78, 5) is 26.3. The average Bonchev–Trinajstić information content (AvgIpc) is 3.87. The number of fused-ring (bicyclic) bond motifs is 1. The molecule has 7 rings (SSSR count). The Hall–Kier alpha value is -5.30. The van der Waals surface area contributed by atoms with Crippen molar-refractivity contribution < 1.29 is 40.0 Å². The fourth-order valence-corrected chi connectivity index (χ4v) is 8.21. The summed E-state index contributed by atoms with van der Waals surface area (Å²) in [7, 11) is -4.46. The molecule has 1 saturated carbocycles. The number of aryl methyl sites for hydroxylation is 1. The summed E-state index contributed by atoms with van der Waals surface area (Å²) in [6.45, 7) is 1.25. The summed E-state index contributed by atoms with van der Waals surface area (Å²) < 4.78 is 101. The molecule has 2 heterocycles. The number of carbonyl (C=O) groups excluding carboxylic acids is 2. The Morgan fingerprint density at radius 1 is 0.962 bits per heavy atom. The molecule has 53 heavy (non-hydrogen) atoms. The molecule has 1 N–H and O–H groups in total. The van der Waals surface area contributed by atoms with Crippen LogP contribution in [0.4, 0.5) is 27.6 Å². The summed E-state index contributed by atoms with van der Waals surface area (Å²) in [5.41, 5.74) is 0.0448. The van der Waals surface area contributed by atoms with Gasteiger partial charge in [-0.25, -0.2) is 22.0 Å². The van der Waals surface area contributed by atoms with Crippen LogP contribution in [0.1, 0.15) is 63.0 Å². The Morgan fingerprint density at radius 3 is 2.38 bits per heavy atom. The Balaban J connectivity index is 1.45. The Labute approximate surface area is 305 Å². The number of halogens is 6. The fraction of sp³-hybridized carbons (Fsp3) is 0.211. The van der Waals surface area contributed by atoms with Crippen LogP contribution in [0.5, 0.6) is 0 Å². The number of sulfonamides is 1. The summed E-state index contributed by atoms with van der Waals surface area (Å²) in [6.07, 6.45) is -0.104. The number of allylic oxidation sites excluding steroid dienone is 1. The Morgan fingerprint density at radius 2 is 1.70 bits per heavy atom. The van der Waals surface area contributed by atoms with E-state index in [0.29, 0.717) is 28.8 Å². The van der Waals surface area contributed by atoms with Crippen molar-refractivity contribution >= 4 is 39.2 Å². The first kappa shape index (κ1) is 36.1. The molecule has 8 nitrogen and oxygen atoms in total. The van der Waals surface area contributed by atoms with Crippen LogP contribution in [-0.2, 0) is 27.4 Å². The molecule has 5 aromatic rings. The smallest absolute Gasteiger partial charge is 0.322 e. The number of hydrogen-bond acceptors (Lipinski definition) is 5. The van der Waals surface area contributed by atoms with E-state index in [2.05, 4.69) is 10.4 Å². The predicted octanol–water partition coefficient (Wildman–Crippen LogP) is 8.49. The molecule has 2 aliphatic rings. The topological polar surface area (TPSA) is 101 Å². The third-order valence-electron chi connectivity index (χ3n) is 9.27. The highest BCUT2D eigenvalue weighted by molar-refractivity contribution is 7.89. The standard InChI is InChI=1S/C38H28ClF5N4O4S/c1-21-2-7-31(8-3-21)53(51,52)48-19-33(32-16-27(40)4-9-34(32)39)36-23(13-30(48)20-49)10-22(25-17-45-47(18-25)29-5-6-29)14-35(36)46-37(50)24-11-26(38(42,43)44)15-28(41)12-24/h2-4,7-12,14-18,29,33H,5-6,13,19H2,1H3,(H,46,50).